The first-order valence-electron chi connectivity index (χ1n) is 10.9. The minimum absolute atomic E-state index is 0.0536. The Bertz CT molecular complexity index is 682. The summed E-state index contributed by atoms with van der Waals surface area (Å²) in [6, 6.07) is -0.368. The van der Waals surface area contributed by atoms with Gasteiger partial charge in [-0.15, -0.1) is 23.5 Å². The maximum Gasteiger partial charge on any atom is 0.327 e. The Balaban J connectivity index is 1.95. The minimum Gasteiger partial charge on any atom is -0.370 e. The second kappa shape index (κ2) is 10.6. The molecule has 32 heavy (non-hydrogen) atoms. The molecule has 0 saturated carbocycles. The fourth-order valence-electron chi connectivity index (χ4n) is 5.11. The van der Waals surface area contributed by atoms with Crippen LogP contribution in [0.5, 0.6) is 0 Å². The average Bonchev–Trinajstić information content (AvgIpc) is 3.07. The monoisotopic (exact) mass is 492 g/mol. The Morgan fingerprint density at radius 2 is 1.44 bits per heavy atom. The van der Waals surface area contributed by atoms with Crippen LogP contribution in [-0.2, 0) is 18.9 Å². The number of hydrogen-bond donors (Lipinski definition) is 0. The number of rotatable bonds is 11. The summed E-state index contributed by atoms with van der Waals surface area (Å²) in [7, 11) is 4.82. The summed E-state index contributed by atoms with van der Waals surface area (Å²) < 4.78 is 22.4. The predicted molar refractivity (Wildman–Crippen MR) is 124 cm³/mol. The molecular weight excluding hydrogens is 456 g/mol. The normalized spacial score (nSPS) is 32.9. The molecule has 0 aliphatic carbocycles. The Labute approximate surface area is 199 Å². The molecule has 4 atom stereocenters. The van der Waals surface area contributed by atoms with Crippen LogP contribution in [0.4, 0.5) is 9.59 Å². The number of carbonyl (C=O) groups excluding carboxylic acids is 2. The van der Waals surface area contributed by atoms with Crippen LogP contribution in [0.25, 0.3) is 0 Å². The molecule has 0 bridgehead atoms. The fraction of sp³-hybridized carbons (Fsp3) is 0.900. The Kier molecular flexibility index (Phi) is 8.48. The molecule has 0 spiro atoms. The molecule has 4 unspecified atom stereocenters. The molecule has 4 amide bonds. The molecule has 0 aromatic heterocycles. The quantitative estimate of drug-likeness (QED) is 0.435. The van der Waals surface area contributed by atoms with Crippen LogP contribution >= 0.6 is 23.5 Å². The van der Waals surface area contributed by atoms with Gasteiger partial charge in [-0.2, -0.15) is 0 Å². The molecular formula is C20H36N4O6S2. The largest absolute Gasteiger partial charge is 0.370 e. The zero-order valence-electron chi connectivity index (χ0n) is 19.9. The van der Waals surface area contributed by atoms with Gasteiger partial charge in [0.25, 0.3) is 0 Å². The fourth-order valence-corrected chi connectivity index (χ4v) is 7.62. The third-order valence-electron chi connectivity index (χ3n) is 6.55. The second-order valence-corrected chi connectivity index (χ2v) is 10.5. The van der Waals surface area contributed by atoms with Gasteiger partial charge in [-0.1, -0.05) is 13.3 Å². The number of carbonyl (C=O) groups is 2. The first-order valence-corrected chi connectivity index (χ1v) is 13.0. The highest BCUT2D eigenvalue weighted by Gasteiger charge is 2.75. The van der Waals surface area contributed by atoms with Crippen molar-refractivity contribution in [3.63, 3.8) is 0 Å². The highest BCUT2D eigenvalue weighted by Crippen LogP contribution is 2.53. The van der Waals surface area contributed by atoms with Crippen molar-refractivity contribution in [2.75, 3.05) is 59.6 Å². The van der Waals surface area contributed by atoms with Crippen LogP contribution in [0, 0.1) is 0 Å². The van der Waals surface area contributed by atoms with Gasteiger partial charge in [0.05, 0.1) is 0 Å². The maximum atomic E-state index is 13.7. The summed E-state index contributed by atoms with van der Waals surface area (Å²) in [6.07, 6.45) is 1.40. The van der Waals surface area contributed by atoms with Crippen molar-refractivity contribution in [3.8, 4) is 0 Å². The van der Waals surface area contributed by atoms with Crippen LogP contribution in [0.2, 0.25) is 0 Å². The standard InChI is InChI=1S/C20H36N4O6S2/c1-7-9-20-19(3,22(12-27-4)18(26)24(20)13-28-5)23(17(25)21(20)8-2)14-30-16-11-31-15(29-6)10-32-16/h15-16H,7-14H2,1-6H3. The topological polar surface area (TPSA) is 84.0 Å². The molecule has 3 aliphatic heterocycles. The number of likely N-dealkylation sites (N-methyl/N-ethyl adjacent to an activating group) is 1. The SMILES string of the molecule is CCCC12N(CC)C(=O)N(COC3CSC(OC)CS3)C1(C)N(COC)C(=O)N2COC. The summed E-state index contributed by atoms with van der Waals surface area (Å²) in [5.74, 6) is 1.60. The molecule has 184 valence electrons. The van der Waals surface area contributed by atoms with E-state index in [0.29, 0.717) is 13.0 Å². The van der Waals surface area contributed by atoms with E-state index in [1.807, 2.05) is 13.8 Å². The summed E-state index contributed by atoms with van der Waals surface area (Å²) >= 11 is 3.40. The number of amides is 4. The van der Waals surface area contributed by atoms with Crippen molar-refractivity contribution in [1.29, 1.82) is 0 Å². The molecule has 0 N–H and O–H groups in total. The number of nitrogens with zero attached hydrogens (tertiary/aromatic N) is 4. The van der Waals surface area contributed by atoms with E-state index in [1.165, 1.54) is 0 Å². The predicted octanol–water partition coefficient (Wildman–Crippen LogP) is 2.65. The molecule has 0 radical (unpaired) electrons. The van der Waals surface area contributed by atoms with Gasteiger partial charge >= 0.3 is 12.1 Å². The molecule has 3 heterocycles. The molecule has 0 aromatic carbocycles. The first kappa shape index (κ1) is 25.7. The number of urea groups is 2. The van der Waals surface area contributed by atoms with E-state index in [0.717, 1.165) is 17.9 Å². The van der Waals surface area contributed by atoms with Crippen LogP contribution in [0.3, 0.4) is 0 Å². The lowest BCUT2D eigenvalue weighted by atomic mass is 9.89. The average molecular weight is 493 g/mol. The summed E-state index contributed by atoms with van der Waals surface area (Å²) in [5.41, 5.74) is -1.77. The lowest BCUT2D eigenvalue weighted by molar-refractivity contribution is -0.118. The van der Waals surface area contributed by atoms with Gasteiger partial charge in [0, 0.05) is 39.4 Å². The number of fused-ring (bicyclic) bond motifs is 1. The van der Waals surface area contributed by atoms with E-state index in [-0.39, 0.29) is 43.1 Å². The molecule has 3 saturated heterocycles. The minimum atomic E-state index is -0.983. The van der Waals surface area contributed by atoms with Crippen molar-refractivity contribution in [2.24, 2.45) is 0 Å². The molecule has 3 fully saturated rings. The third kappa shape index (κ3) is 3.86. The Hall–Kier alpha value is -0.920. The lowest BCUT2D eigenvalue weighted by Gasteiger charge is -2.47. The van der Waals surface area contributed by atoms with Gasteiger partial charge in [-0.3, -0.25) is 19.6 Å². The van der Waals surface area contributed by atoms with Gasteiger partial charge in [-0.25, -0.2) is 9.59 Å². The highest BCUT2D eigenvalue weighted by atomic mass is 32.2. The lowest BCUT2D eigenvalue weighted by Crippen LogP contribution is -2.67. The highest BCUT2D eigenvalue weighted by molar-refractivity contribution is 8.06. The van der Waals surface area contributed by atoms with Crippen molar-refractivity contribution in [3.05, 3.63) is 0 Å². The van der Waals surface area contributed by atoms with Crippen molar-refractivity contribution < 1.29 is 28.5 Å². The van der Waals surface area contributed by atoms with Gasteiger partial charge in [0.15, 0.2) is 11.3 Å². The smallest absolute Gasteiger partial charge is 0.327 e. The molecule has 3 aliphatic rings. The van der Waals surface area contributed by atoms with Crippen LogP contribution in [-0.4, -0.2) is 113 Å². The molecule has 3 rings (SSSR count). The molecule has 12 heteroatoms. The second-order valence-electron chi connectivity index (χ2n) is 8.07. The van der Waals surface area contributed by atoms with Crippen LogP contribution < -0.4 is 0 Å². The Morgan fingerprint density at radius 1 is 0.875 bits per heavy atom. The van der Waals surface area contributed by atoms with E-state index < -0.39 is 11.3 Å². The third-order valence-corrected chi connectivity index (χ3v) is 9.36. The number of methoxy groups -OCH3 is 3. The summed E-state index contributed by atoms with van der Waals surface area (Å²) in [5, 5.41) is 0. The van der Waals surface area contributed by atoms with Crippen molar-refractivity contribution in [2.45, 2.75) is 55.8 Å². The van der Waals surface area contributed by atoms with E-state index in [1.54, 1.807) is 64.5 Å². The molecule has 0 aromatic rings. The number of thioether (sulfide) groups is 2. The van der Waals surface area contributed by atoms with Gasteiger partial charge in [0.1, 0.15) is 31.1 Å². The zero-order chi connectivity index (χ0) is 23.5. The van der Waals surface area contributed by atoms with Crippen LogP contribution in [0.1, 0.15) is 33.6 Å². The van der Waals surface area contributed by atoms with Crippen LogP contribution in [0.15, 0.2) is 0 Å². The molecule has 10 nitrogen and oxygen atoms in total. The maximum absolute atomic E-state index is 13.7. The summed E-state index contributed by atoms with van der Waals surface area (Å²) in [6.45, 7) is 6.63. The van der Waals surface area contributed by atoms with E-state index in [9.17, 15) is 9.59 Å². The van der Waals surface area contributed by atoms with Crippen molar-refractivity contribution in [1.82, 2.24) is 19.6 Å². The Morgan fingerprint density at radius 3 is 1.97 bits per heavy atom. The first-order chi connectivity index (χ1) is 15.4. The van der Waals surface area contributed by atoms with E-state index >= 15 is 0 Å². The van der Waals surface area contributed by atoms with E-state index in [2.05, 4.69) is 6.92 Å². The van der Waals surface area contributed by atoms with Gasteiger partial charge in [0.2, 0.25) is 0 Å². The van der Waals surface area contributed by atoms with Gasteiger partial charge < -0.3 is 18.9 Å². The summed E-state index contributed by atoms with van der Waals surface area (Å²) in [4.78, 5) is 34.0. The van der Waals surface area contributed by atoms with Crippen molar-refractivity contribution >= 4 is 35.6 Å². The number of ether oxygens (including phenoxy) is 4. The van der Waals surface area contributed by atoms with E-state index in [4.69, 9.17) is 18.9 Å². The zero-order valence-corrected chi connectivity index (χ0v) is 21.5. The van der Waals surface area contributed by atoms with Gasteiger partial charge in [-0.05, 0) is 20.3 Å². The number of hydrogen-bond acceptors (Lipinski definition) is 8.